The third kappa shape index (κ3) is 3.24. The van der Waals surface area contributed by atoms with E-state index < -0.39 is 22.4 Å². The molecule has 2 nitrogen and oxygen atoms in total. The molecule has 0 saturated heterocycles. The molecule has 96 valence electrons. The number of nitriles is 1. The predicted molar refractivity (Wildman–Crippen MR) is 67.6 cm³/mol. The Morgan fingerprint density at radius 2 is 1.84 bits per heavy atom. The first kappa shape index (κ1) is 13.4. The molecule has 5 heteroatoms. The van der Waals surface area contributed by atoms with Crippen LogP contribution in [0.15, 0.2) is 47.4 Å². The summed E-state index contributed by atoms with van der Waals surface area (Å²) in [6.45, 7) is 0. The Morgan fingerprint density at radius 1 is 1.11 bits per heavy atom. The molecule has 0 aliphatic heterocycles. The van der Waals surface area contributed by atoms with Crippen LogP contribution in [0.3, 0.4) is 0 Å². The maximum Gasteiger partial charge on any atom is 0.124 e. The Morgan fingerprint density at radius 3 is 2.53 bits per heavy atom. The van der Waals surface area contributed by atoms with E-state index in [0.29, 0.717) is 10.5 Å². The van der Waals surface area contributed by atoms with Crippen LogP contribution in [0.25, 0.3) is 0 Å². The fourth-order valence-electron chi connectivity index (χ4n) is 1.62. The molecule has 0 aliphatic rings. The average Bonchev–Trinajstić information content (AvgIpc) is 2.39. The van der Waals surface area contributed by atoms with Gasteiger partial charge in [0.25, 0.3) is 0 Å². The number of nitrogens with zero attached hydrogens (tertiary/aromatic N) is 1. The molecule has 2 aromatic rings. The summed E-state index contributed by atoms with van der Waals surface area (Å²) < 4.78 is 38.2. The summed E-state index contributed by atoms with van der Waals surface area (Å²) in [6.07, 6.45) is 0. The zero-order valence-corrected chi connectivity index (χ0v) is 10.6. The van der Waals surface area contributed by atoms with Gasteiger partial charge in [0.1, 0.15) is 11.6 Å². The quantitative estimate of drug-likeness (QED) is 0.864. The molecule has 1 unspecified atom stereocenters. The highest BCUT2D eigenvalue weighted by Crippen LogP contribution is 2.17. The van der Waals surface area contributed by atoms with Gasteiger partial charge < -0.3 is 0 Å². The normalized spacial score (nSPS) is 11.8. The first-order chi connectivity index (χ1) is 9.10. The Bertz CT molecular complexity index is 679. The van der Waals surface area contributed by atoms with Gasteiger partial charge in [-0.3, -0.25) is 4.21 Å². The summed E-state index contributed by atoms with van der Waals surface area (Å²) in [5, 5.41) is 8.91. The number of halogens is 2. The summed E-state index contributed by atoms with van der Waals surface area (Å²) in [5.74, 6) is -1.000. The zero-order valence-electron chi connectivity index (χ0n) is 9.77. The third-order valence-electron chi connectivity index (χ3n) is 2.53. The lowest BCUT2D eigenvalue weighted by molar-refractivity contribution is 0.622. The first-order valence-corrected chi connectivity index (χ1v) is 6.74. The van der Waals surface area contributed by atoms with Crippen molar-refractivity contribution >= 4 is 10.8 Å². The van der Waals surface area contributed by atoms with Crippen molar-refractivity contribution in [2.24, 2.45) is 0 Å². The van der Waals surface area contributed by atoms with Gasteiger partial charge in [0.2, 0.25) is 0 Å². The van der Waals surface area contributed by atoms with Crippen molar-refractivity contribution in [1.29, 1.82) is 5.26 Å². The second-order valence-corrected chi connectivity index (χ2v) is 5.31. The van der Waals surface area contributed by atoms with Crippen LogP contribution in [0.5, 0.6) is 0 Å². The minimum absolute atomic E-state index is 0.0237. The summed E-state index contributed by atoms with van der Waals surface area (Å²) in [7, 11) is -1.52. The van der Waals surface area contributed by atoms with Gasteiger partial charge >= 0.3 is 0 Å². The van der Waals surface area contributed by atoms with Gasteiger partial charge in [-0.05, 0) is 42.0 Å². The van der Waals surface area contributed by atoms with Gasteiger partial charge in [-0.15, -0.1) is 0 Å². The van der Waals surface area contributed by atoms with Crippen molar-refractivity contribution in [2.45, 2.75) is 10.6 Å². The Labute approximate surface area is 111 Å². The van der Waals surface area contributed by atoms with E-state index in [4.69, 9.17) is 5.26 Å². The van der Waals surface area contributed by atoms with Gasteiger partial charge in [-0.25, -0.2) is 8.78 Å². The molecule has 0 N–H and O–H groups in total. The van der Waals surface area contributed by atoms with Crippen LogP contribution in [0, 0.1) is 23.0 Å². The number of rotatable bonds is 3. The zero-order chi connectivity index (χ0) is 13.8. The molecule has 0 bridgehead atoms. The summed E-state index contributed by atoms with van der Waals surface area (Å²) >= 11 is 0. The minimum Gasteiger partial charge on any atom is -0.254 e. The monoisotopic (exact) mass is 277 g/mol. The molecule has 0 spiro atoms. The van der Waals surface area contributed by atoms with Gasteiger partial charge in [-0.1, -0.05) is 6.07 Å². The van der Waals surface area contributed by atoms with Crippen LogP contribution >= 0.6 is 0 Å². The number of benzene rings is 2. The predicted octanol–water partition coefficient (Wildman–Crippen LogP) is 3.14. The molecule has 0 saturated carbocycles. The number of hydrogen-bond acceptors (Lipinski definition) is 2. The van der Waals surface area contributed by atoms with Gasteiger partial charge in [0.05, 0.1) is 28.2 Å². The summed E-state index contributed by atoms with van der Waals surface area (Å²) in [5.41, 5.74) is 0.622. The number of hydrogen-bond donors (Lipinski definition) is 0. The van der Waals surface area contributed by atoms with E-state index in [-0.39, 0.29) is 11.3 Å². The second-order valence-electron chi connectivity index (χ2n) is 3.86. The van der Waals surface area contributed by atoms with E-state index >= 15 is 0 Å². The minimum atomic E-state index is -1.52. The van der Waals surface area contributed by atoms with Gasteiger partial charge in [0.15, 0.2) is 0 Å². The van der Waals surface area contributed by atoms with E-state index in [0.717, 1.165) is 0 Å². The van der Waals surface area contributed by atoms with Crippen LogP contribution < -0.4 is 0 Å². The van der Waals surface area contributed by atoms with E-state index in [1.807, 2.05) is 6.07 Å². The summed E-state index contributed by atoms with van der Waals surface area (Å²) in [4.78, 5) is 0.313. The fourth-order valence-corrected chi connectivity index (χ4v) is 2.79. The lowest BCUT2D eigenvalue weighted by Gasteiger charge is -2.05. The van der Waals surface area contributed by atoms with Crippen LogP contribution in [-0.2, 0) is 16.6 Å². The topological polar surface area (TPSA) is 40.9 Å². The van der Waals surface area contributed by atoms with Crippen molar-refractivity contribution in [3.05, 3.63) is 65.2 Å². The molecular weight excluding hydrogens is 268 g/mol. The lowest BCUT2D eigenvalue weighted by Crippen LogP contribution is -2.00. The molecule has 0 aromatic heterocycles. The molecule has 0 aliphatic carbocycles. The van der Waals surface area contributed by atoms with Crippen LogP contribution in [-0.4, -0.2) is 4.21 Å². The molecular formula is C14H9F2NOS. The Balaban J connectivity index is 2.29. The maximum atomic E-state index is 13.1. The molecule has 2 rings (SSSR count). The van der Waals surface area contributed by atoms with Crippen molar-refractivity contribution in [2.75, 3.05) is 0 Å². The van der Waals surface area contributed by atoms with Crippen molar-refractivity contribution in [3.63, 3.8) is 0 Å². The van der Waals surface area contributed by atoms with E-state index in [1.54, 1.807) is 0 Å². The largest absolute Gasteiger partial charge is 0.254 e. The molecule has 0 radical (unpaired) electrons. The van der Waals surface area contributed by atoms with E-state index in [1.165, 1.54) is 42.5 Å². The molecule has 1 atom stereocenters. The lowest BCUT2D eigenvalue weighted by atomic mass is 10.1. The standard InChI is InChI=1S/C14H9F2NOS/c15-12-2-1-3-14(7-12)19(18)9-11-6-13(16)5-4-10(11)8-17/h1-7H,9H2. The van der Waals surface area contributed by atoms with Crippen LogP contribution in [0.2, 0.25) is 0 Å². The van der Waals surface area contributed by atoms with Crippen LogP contribution in [0.4, 0.5) is 8.78 Å². The van der Waals surface area contributed by atoms with E-state index in [9.17, 15) is 13.0 Å². The van der Waals surface area contributed by atoms with Crippen molar-refractivity contribution in [1.82, 2.24) is 0 Å². The fraction of sp³-hybridized carbons (Fsp3) is 0.0714. The second kappa shape index (κ2) is 5.72. The highest BCUT2D eigenvalue weighted by Gasteiger charge is 2.10. The van der Waals surface area contributed by atoms with Crippen LogP contribution in [0.1, 0.15) is 11.1 Å². The highest BCUT2D eigenvalue weighted by molar-refractivity contribution is 7.84. The first-order valence-electron chi connectivity index (χ1n) is 5.42. The maximum absolute atomic E-state index is 13.1. The highest BCUT2D eigenvalue weighted by atomic mass is 32.2. The molecule has 0 fully saturated rings. The molecule has 0 heterocycles. The Kier molecular flexibility index (Phi) is 4.03. The Hall–Kier alpha value is -2.06. The SMILES string of the molecule is N#Cc1ccc(F)cc1CS(=O)c1cccc(F)c1. The third-order valence-corrected chi connectivity index (χ3v) is 3.89. The van der Waals surface area contributed by atoms with Crippen molar-refractivity contribution in [3.8, 4) is 6.07 Å². The average molecular weight is 277 g/mol. The smallest absolute Gasteiger partial charge is 0.124 e. The molecule has 19 heavy (non-hydrogen) atoms. The van der Waals surface area contributed by atoms with E-state index in [2.05, 4.69) is 0 Å². The molecule has 0 amide bonds. The van der Waals surface area contributed by atoms with Crippen molar-refractivity contribution < 1.29 is 13.0 Å². The molecule has 2 aromatic carbocycles. The summed E-state index contributed by atoms with van der Waals surface area (Å²) in [6, 6.07) is 11.0. The van der Waals surface area contributed by atoms with Gasteiger partial charge in [-0.2, -0.15) is 5.26 Å². The van der Waals surface area contributed by atoms with Gasteiger partial charge in [0, 0.05) is 4.90 Å².